The minimum Gasteiger partial charge on any atom is -0.481 e. The van der Waals surface area contributed by atoms with Crippen molar-refractivity contribution in [3.63, 3.8) is 0 Å². The maximum atomic E-state index is 13.1. The summed E-state index contributed by atoms with van der Waals surface area (Å²) >= 11 is 0. The summed E-state index contributed by atoms with van der Waals surface area (Å²) in [4.78, 5) is 26.4. The van der Waals surface area contributed by atoms with Gasteiger partial charge < -0.3 is 19.3 Å². The molecule has 0 bridgehead atoms. The van der Waals surface area contributed by atoms with Gasteiger partial charge in [0.05, 0.1) is 18.9 Å². The Morgan fingerprint density at radius 1 is 1.20 bits per heavy atom. The molecule has 1 amide bonds. The van der Waals surface area contributed by atoms with Crippen LogP contribution in [0.5, 0.6) is 5.75 Å². The number of aryl methyl sites for hydroxylation is 2. The van der Waals surface area contributed by atoms with E-state index >= 15 is 0 Å². The van der Waals surface area contributed by atoms with E-state index in [1.54, 1.807) is 0 Å². The Labute approximate surface area is 178 Å². The van der Waals surface area contributed by atoms with Crippen molar-refractivity contribution in [2.45, 2.75) is 46.3 Å². The number of rotatable bonds is 5. The quantitative estimate of drug-likeness (QED) is 0.755. The van der Waals surface area contributed by atoms with Crippen LogP contribution in [0.3, 0.4) is 0 Å². The zero-order valence-corrected chi connectivity index (χ0v) is 18.1. The number of carbonyl (C=O) groups excluding carboxylic acids is 1. The van der Waals surface area contributed by atoms with Gasteiger partial charge >= 0.3 is 0 Å². The highest BCUT2D eigenvalue weighted by molar-refractivity contribution is 5.81. The lowest BCUT2D eigenvalue weighted by atomic mass is 10.1. The maximum Gasteiger partial charge on any atom is 0.263 e. The lowest BCUT2D eigenvalue weighted by Crippen LogP contribution is -2.52. The van der Waals surface area contributed by atoms with Crippen molar-refractivity contribution >= 4 is 11.9 Å². The summed E-state index contributed by atoms with van der Waals surface area (Å²) in [5, 5.41) is 0. The third-order valence-corrected chi connectivity index (χ3v) is 5.96. The summed E-state index contributed by atoms with van der Waals surface area (Å²) in [6, 6.07) is 5.97. The molecule has 2 aliphatic rings. The molecule has 1 aromatic carbocycles. The van der Waals surface area contributed by atoms with Gasteiger partial charge in [-0.2, -0.15) is 0 Å². The van der Waals surface area contributed by atoms with Crippen molar-refractivity contribution in [3.05, 3.63) is 46.8 Å². The molecule has 2 aromatic rings. The number of amides is 1. The van der Waals surface area contributed by atoms with Gasteiger partial charge in [0.2, 0.25) is 5.95 Å². The fourth-order valence-electron chi connectivity index (χ4n) is 3.86. The molecule has 4 rings (SSSR count). The fourth-order valence-corrected chi connectivity index (χ4v) is 3.86. The van der Waals surface area contributed by atoms with Crippen LogP contribution in [-0.4, -0.2) is 59.7 Å². The lowest BCUT2D eigenvalue weighted by molar-refractivity contribution is -0.139. The smallest absolute Gasteiger partial charge is 0.263 e. The highest BCUT2D eigenvalue weighted by atomic mass is 16.5. The van der Waals surface area contributed by atoms with Crippen LogP contribution in [0.25, 0.3) is 0 Å². The van der Waals surface area contributed by atoms with E-state index in [9.17, 15) is 4.79 Å². The van der Waals surface area contributed by atoms with Crippen molar-refractivity contribution < 1.29 is 14.3 Å². The molecule has 0 saturated carbocycles. The van der Waals surface area contributed by atoms with Gasteiger partial charge in [0, 0.05) is 44.4 Å². The van der Waals surface area contributed by atoms with Crippen LogP contribution in [0.4, 0.5) is 5.95 Å². The van der Waals surface area contributed by atoms with Crippen LogP contribution in [0.2, 0.25) is 0 Å². The number of ether oxygens (including phenoxy) is 2. The third-order valence-electron chi connectivity index (χ3n) is 5.96. The van der Waals surface area contributed by atoms with Gasteiger partial charge in [0.15, 0.2) is 6.10 Å². The standard InChI is InChI=1S/C23H30N4O3/c1-4-21(30-19-6-5-16(2)17(3)13-19)22(28)26-8-10-27(11-9-26)23-24-14-18-15-29-12-7-20(18)25-23/h5-6,13-14,21H,4,7-12,15H2,1-3H3/t21-/m1/s1. The molecule has 0 radical (unpaired) electrons. The molecule has 0 spiro atoms. The van der Waals surface area contributed by atoms with E-state index in [4.69, 9.17) is 14.5 Å². The van der Waals surface area contributed by atoms with E-state index in [1.807, 2.05) is 36.2 Å². The molecule has 3 heterocycles. The van der Waals surface area contributed by atoms with E-state index in [1.165, 1.54) is 11.1 Å². The Hall–Kier alpha value is -2.67. The van der Waals surface area contributed by atoms with Crippen LogP contribution >= 0.6 is 0 Å². The predicted molar refractivity (Wildman–Crippen MR) is 115 cm³/mol. The van der Waals surface area contributed by atoms with Gasteiger partial charge in [0.1, 0.15) is 5.75 Å². The topological polar surface area (TPSA) is 67.8 Å². The molecule has 2 aliphatic heterocycles. The zero-order valence-electron chi connectivity index (χ0n) is 18.1. The van der Waals surface area contributed by atoms with Gasteiger partial charge in [-0.25, -0.2) is 9.97 Å². The third kappa shape index (κ3) is 4.41. The molecule has 1 saturated heterocycles. The second-order valence-corrected chi connectivity index (χ2v) is 8.02. The van der Waals surface area contributed by atoms with Crippen LogP contribution in [0, 0.1) is 13.8 Å². The van der Waals surface area contributed by atoms with Crippen molar-refractivity contribution in [3.8, 4) is 5.75 Å². The molecule has 1 aromatic heterocycles. The molecule has 30 heavy (non-hydrogen) atoms. The van der Waals surface area contributed by atoms with Gasteiger partial charge in [-0.15, -0.1) is 0 Å². The molecule has 7 nitrogen and oxygen atoms in total. The number of aromatic nitrogens is 2. The van der Waals surface area contributed by atoms with Crippen molar-refractivity contribution in [1.82, 2.24) is 14.9 Å². The van der Waals surface area contributed by atoms with E-state index < -0.39 is 6.10 Å². The average Bonchev–Trinajstić information content (AvgIpc) is 2.79. The van der Waals surface area contributed by atoms with Crippen LogP contribution in [-0.2, 0) is 22.6 Å². The monoisotopic (exact) mass is 410 g/mol. The minimum absolute atomic E-state index is 0.0545. The first kappa shape index (κ1) is 20.6. The van der Waals surface area contributed by atoms with Gasteiger partial charge in [-0.05, 0) is 43.5 Å². The molecular weight excluding hydrogens is 380 g/mol. The number of nitrogens with zero attached hydrogens (tertiary/aromatic N) is 4. The summed E-state index contributed by atoms with van der Waals surface area (Å²) in [7, 11) is 0. The van der Waals surface area contributed by atoms with Crippen LogP contribution < -0.4 is 9.64 Å². The minimum atomic E-state index is -0.460. The number of carbonyl (C=O) groups is 1. The number of fused-ring (bicyclic) bond motifs is 1. The van der Waals surface area contributed by atoms with Crippen molar-refractivity contribution in [2.75, 3.05) is 37.7 Å². The Kier molecular flexibility index (Phi) is 6.18. The summed E-state index contributed by atoms with van der Waals surface area (Å²) in [6.45, 7) is 10.2. The van der Waals surface area contributed by atoms with E-state index in [-0.39, 0.29) is 5.91 Å². The average molecular weight is 411 g/mol. The summed E-state index contributed by atoms with van der Waals surface area (Å²) < 4.78 is 11.5. The Morgan fingerprint density at radius 3 is 2.73 bits per heavy atom. The zero-order chi connectivity index (χ0) is 21.1. The first-order valence-electron chi connectivity index (χ1n) is 10.8. The van der Waals surface area contributed by atoms with Gasteiger partial charge in [0.25, 0.3) is 5.91 Å². The van der Waals surface area contributed by atoms with Crippen molar-refractivity contribution in [1.29, 1.82) is 0 Å². The molecule has 7 heteroatoms. The molecule has 0 unspecified atom stereocenters. The second-order valence-electron chi connectivity index (χ2n) is 8.02. The first-order valence-corrected chi connectivity index (χ1v) is 10.8. The second kappa shape index (κ2) is 9.00. The number of benzene rings is 1. The highest BCUT2D eigenvalue weighted by Gasteiger charge is 2.29. The highest BCUT2D eigenvalue weighted by Crippen LogP contribution is 2.21. The van der Waals surface area contributed by atoms with E-state index in [0.29, 0.717) is 32.7 Å². The summed E-state index contributed by atoms with van der Waals surface area (Å²) in [5.74, 6) is 1.56. The van der Waals surface area contributed by atoms with Gasteiger partial charge in [-0.3, -0.25) is 4.79 Å². The van der Waals surface area contributed by atoms with Gasteiger partial charge in [-0.1, -0.05) is 13.0 Å². The SMILES string of the molecule is CC[C@@H](Oc1ccc(C)c(C)c1)C(=O)N1CCN(c2ncc3c(n2)CCOC3)CC1. The number of anilines is 1. The van der Waals surface area contributed by atoms with E-state index in [0.717, 1.165) is 42.5 Å². The number of hydrogen-bond acceptors (Lipinski definition) is 6. The molecular formula is C23H30N4O3. The molecule has 1 atom stereocenters. The first-order chi connectivity index (χ1) is 14.5. The normalized spacial score (nSPS) is 17.4. The lowest BCUT2D eigenvalue weighted by Gasteiger charge is -2.36. The summed E-state index contributed by atoms with van der Waals surface area (Å²) in [5.41, 5.74) is 4.54. The predicted octanol–water partition coefficient (Wildman–Crippen LogP) is 2.67. The van der Waals surface area contributed by atoms with E-state index in [2.05, 4.69) is 23.7 Å². The fraction of sp³-hybridized carbons (Fsp3) is 0.522. The Morgan fingerprint density at radius 2 is 2.00 bits per heavy atom. The Bertz CT molecular complexity index is 909. The van der Waals surface area contributed by atoms with Crippen molar-refractivity contribution in [2.24, 2.45) is 0 Å². The number of piperazine rings is 1. The largest absolute Gasteiger partial charge is 0.481 e. The molecule has 160 valence electrons. The molecule has 1 fully saturated rings. The summed E-state index contributed by atoms with van der Waals surface area (Å²) in [6.07, 6.45) is 2.89. The molecule has 0 N–H and O–H groups in total. The number of hydrogen-bond donors (Lipinski definition) is 0. The maximum absolute atomic E-state index is 13.1. The molecule has 0 aliphatic carbocycles. The van der Waals surface area contributed by atoms with Crippen LogP contribution in [0.15, 0.2) is 24.4 Å². The van der Waals surface area contributed by atoms with Crippen LogP contribution in [0.1, 0.15) is 35.7 Å². The Balaban J connectivity index is 1.36.